The Morgan fingerprint density at radius 3 is 2.70 bits per heavy atom. The smallest absolute Gasteiger partial charge is 0.239 e. The molecule has 2 aromatic rings. The molecule has 5 nitrogen and oxygen atoms in total. The van der Waals surface area contributed by atoms with E-state index in [0.717, 1.165) is 30.0 Å². The van der Waals surface area contributed by atoms with Crippen molar-refractivity contribution in [1.82, 2.24) is 10.6 Å². The second-order valence-corrected chi connectivity index (χ2v) is 5.51. The van der Waals surface area contributed by atoms with Gasteiger partial charge in [-0.25, -0.2) is 8.78 Å². The fraction of sp³-hybridized carbons (Fsp3) is 0.200. The van der Waals surface area contributed by atoms with Crippen LogP contribution in [-0.2, 0) is 16.1 Å². The zero-order valence-electron chi connectivity index (χ0n) is 12.0. The van der Waals surface area contributed by atoms with Gasteiger partial charge in [0.25, 0.3) is 0 Å². The molecule has 2 amide bonds. The normalized spacial score (nSPS) is 10.3. The first-order valence-electron chi connectivity index (χ1n) is 6.68. The van der Waals surface area contributed by atoms with E-state index < -0.39 is 17.5 Å². The van der Waals surface area contributed by atoms with Gasteiger partial charge in [-0.05, 0) is 30.3 Å². The summed E-state index contributed by atoms with van der Waals surface area (Å²) in [4.78, 5) is 23.2. The number of nitrogens with one attached hydrogen (secondary N) is 2. The summed E-state index contributed by atoms with van der Waals surface area (Å²) in [6, 6.07) is 6.43. The lowest BCUT2D eigenvalue weighted by Crippen LogP contribution is -2.37. The van der Waals surface area contributed by atoms with E-state index in [4.69, 9.17) is 4.42 Å². The Kier molecular flexibility index (Phi) is 6.16. The third-order valence-electron chi connectivity index (χ3n) is 2.74. The summed E-state index contributed by atoms with van der Waals surface area (Å²) in [5, 5.41) is 4.97. The molecule has 2 N–H and O–H groups in total. The Labute approximate surface area is 135 Å². The maximum absolute atomic E-state index is 13.4. The van der Waals surface area contributed by atoms with Crippen LogP contribution in [-0.4, -0.2) is 24.1 Å². The number of benzene rings is 1. The van der Waals surface area contributed by atoms with Crippen LogP contribution >= 0.6 is 11.8 Å². The van der Waals surface area contributed by atoms with Gasteiger partial charge in [0.1, 0.15) is 17.4 Å². The van der Waals surface area contributed by atoms with Gasteiger partial charge in [0.05, 0.1) is 25.1 Å². The molecule has 0 aliphatic carbocycles. The van der Waals surface area contributed by atoms with Crippen LogP contribution in [0.5, 0.6) is 0 Å². The predicted molar refractivity (Wildman–Crippen MR) is 80.6 cm³/mol. The van der Waals surface area contributed by atoms with Crippen molar-refractivity contribution in [2.75, 3.05) is 12.3 Å². The van der Waals surface area contributed by atoms with Crippen LogP contribution in [0.3, 0.4) is 0 Å². The van der Waals surface area contributed by atoms with Crippen molar-refractivity contribution in [2.24, 2.45) is 0 Å². The van der Waals surface area contributed by atoms with Gasteiger partial charge in [0.15, 0.2) is 0 Å². The van der Waals surface area contributed by atoms with Crippen molar-refractivity contribution in [3.05, 3.63) is 54.0 Å². The molecule has 0 bridgehead atoms. The number of hydrogen-bond donors (Lipinski definition) is 2. The number of carbonyl (C=O) groups excluding carboxylic acids is 2. The molecule has 8 heteroatoms. The molecule has 1 heterocycles. The quantitative estimate of drug-likeness (QED) is 0.757. The summed E-state index contributed by atoms with van der Waals surface area (Å²) in [6.45, 7) is 0.0245. The summed E-state index contributed by atoms with van der Waals surface area (Å²) < 4.78 is 31.4. The largest absolute Gasteiger partial charge is 0.467 e. The van der Waals surface area contributed by atoms with Crippen molar-refractivity contribution in [3.63, 3.8) is 0 Å². The van der Waals surface area contributed by atoms with E-state index in [9.17, 15) is 18.4 Å². The zero-order valence-corrected chi connectivity index (χ0v) is 12.8. The molecule has 0 spiro atoms. The van der Waals surface area contributed by atoms with Crippen LogP contribution < -0.4 is 10.6 Å². The third-order valence-corrected chi connectivity index (χ3v) is 3.77. The first-order valence-corrected chi connectivity index (χ1v) is 7.67. The van der Waals surface area contributed by atoms with Crippen LogP contribution in [0, 0.1) is 11.6 Å². The maximum Gasteiger partial charge on any atom is 0.239 e. The summed E-state index contributed by atoms with van der Waals surface area (Å²) in [5.74, 6) is -1.52. The van der Waals surface area contributed by atoms with Gasteiger partial charge in [-0.15, -0.1) is 11.8 Å². The van der Waals surface area contributed by atoms with Crippen LogP contribution in [0.15, 0.2) is 45.9 Å². The second kappa shape index (κ2) is 8.33. The monoisotopic (exact) mass is 340 g/mol. The standard InChI is InChI=1S/C15H14F2N2O3S/c16-10-3-4-12(17)13(6-10)23-9-15(21)19-8-14(20)18-7-11-2-1-5-22-11/h1-6H,7-9H2,(H,18,20)(H,19,21). The number of furan rings is 1. The van der Waals surface area contributed by atoms with Gasteiger partial charge < -0.3 is 15.1 Å². The number of hydrogen-bond acceptors (Lipinski definition) is 4. The van der Waals surface area contributed by atoms with Crippen molar-refractivity contribution in [2.45, 2.75) is 11.4 Å². The molecular weight excluding hydrogens is 326 g/mol. The van der Waals surface area contributed by atoms with E-state index >= 15 is 0 Å². The van der Waals surface area contributed by atoms with Gasteiger partial charge in [-0.3, -0.25) is 9.59 Å². The van der Waals surface area contributed by atoms with Gasteiger partial charge in [0, 0.05) is 4.90 Å². The summed E-state index contributed by atoms with van der Waals surface area (Å²) in [5.41, 5.74) is 0. The number of thioether (sulfide) groups is 1. The van der Waals surface area contributed by atoms with Gasteiger partial charge in [0.2, 0.25) is 11.8 Å². The average molecular weight is 340 g/mol. The Balaban J connectivity index is 1.68. The fourth-order valence-corrected chi connectivity index (χ4v) is 2.41. The summed E-state index contributed by atoms with van der Waals surface area (Å²) in [6.07, 6.45) is 1.49. The topological polar surface area (TPSA) is 71.3 Å². The fourth-order valence-electron chi connectivity index (χ4n) is 1.62. The number of rotatable bonds is 7. The van der Waals surface area contributed by atoms with E-state index in [1.807, 2.05) is 0 Å². The van der Waals surface area contributed by atoms with Gasteiger partial charge in [-0.1, -0.05) is 0 Å². The number of amides is 2. The summed E-state index contributed by atoms with van der Waals surface area (Å²) in [7, 11) is 0. The van der Waals surface area contributed by atoms with Crippen LogP contribution in [0.4, 0.5) is 8.78 Å². The molecule has 122 valence electrons. The lowest BCUT2D eigenvalue weighted by Gasteiger charge is -2.06. The van der Waals surface area contributed by atoms with Gasteiger partial charge >= 0.3 is 0 Å². The molecule has 0 fully saturated rings. The van der Waals surface area contributed by atoms with Crippen molar-refractivity contribution < 1.29 is 22.8 Å². The minimum absolute atomic E-state index is 0.0439. The molecule has 0 atom stereocenters. The highest BCUT2D eigenvalue weighted by Gasteiger charge is 2.09. The molecule has 0 radical (unpaired) electrons. The van der Waals surface area contributed by atoms with Crippen LogP contribution in [0.2, 0.25) is 0 Å². The van der Waals surface area contributed by atoms with E-state index in [1.54, 1.807) is 12.1 Å². The highest BCUT2D eigenvalue weighted by atomic mass is 32.2. The molecule has 23 heavy (non-hydrogen) atoms. The lowest BCUT2D eigenvalue weighted by molar-refractivity contribution is -0.124. The molecule has 2 rings (SSSR count). The second-order valence-electron chi connectivity index (χ2n) is 4.50. The van der Waals surface area contributed by atoms with Crippen molar-refractivity contribution >= 4 is 23.6 Å². The minimum Gasteiger partial charge on any atom is -0.467 e. The van der Waals surface area contributed by atoms with Gasteiger partial charge in [-0.2, -0.15) is 0 Å². The van der Waals surface area contributed by atoms with E-state index in [0.29, 0.717) is 5.76 Å². The predicted octanol–water partition coefficient (Wildman–Crippen LogP) is 2.08. The van der Waals surface area contributed by atoms with E-state index in [2.05, 4.69) is 10.6 Å². The van der Waals surface area contributed by atoms with E-state index in [1.165, 1.54) is 6.26 Å². The first-order chi connectivity index (χ1) is 11.0. The van der Waals surface area contributed by atoms with Crippen molar-refractivity contribution in [1.29, 1.82) is 0 Å². The molecule has 0 saturated heterocycles. The Bertz CT molecular complexity index is 677. The lowest BCUT2D eigenvalue weighted by atomic mass is 10.3. The molecular formula is C15H14F2N2O3S. The molecule has 0 saturated carbocycles. The van der Waals surface area contributed by atoms with Crippen LogP contribution in [0.25, 0.3) is 0 Å². The summed E-state index contributed by atoms with van der Waals surface area (Å²) >= 11 is 0.859. The minimum atomic E-state index is -0.597. The Morgan fingerprint density at radius 2 is 1.96 bits per heavy atom. The zero-order chi connectivity index (χ0) is 16.7. The Hall–Kier alpha value is -2.35. The first kappa shape index (κ1) is 17.0. The highest BCUT2D eigenvalue weighted by molar-refractivity contribution is 8.00. The number of halogens is 2. The van der Waals surface area contributed by atoms with Crippen LogP contribution in [0.1, 0.15) is 5.76 Å². The molecule has 0 unspecified atom stereocenters. The van der Waals surface area contributed by atoms with E-state index in [-0.39, 0.29) is 29.6 Å². The molecule has 0 aliphatic heterocycles. The maximum atomic E-state index is 13.4. The van der Waals surface area contributed by atoms with Crippen molar-refractivity contribution in [3.8, 4) is 0 Å². The molecule has 0 aliphatic rings. The molecule has 1 aromatic heterocycles. The molecule has 1 aromatic carbocycles. The average Bonchev–Trinajstić information content (AvgIpc) is 3.05. The SMILES string of the molecule is O=C(CNC(=O)CSc1cc(F)ccc1F)NCc1ccco1. The highest BCUT2D eigenvalue weighted by Crippen LogP contribution is 2.22. The Morgan fingerprint density at radius 1 is 1.13 bits per heavy atom. The number of carbonyl (C=O) groups is 2. The third kappa shape index (κ3) is 5.74.